The highest BCUT2D eigenvalue weighted by Crippen LogP contribution is 2.69. The van der Waals surface area contributed by atoms with Gasteiger partial charge in [0.1, 0.15) is 0 Å². The molecule has 0 aromatic heterocycles. The molecule has 9 nitrogen and oxygen atoms in total. The molecule has 9 N–H and O–H groups in total. The molecule has 0 aliphatic rings. The first-order chi connectivity index (χ1) is 6.95. The molecule has 0 aromatic rings. The van der Waals surface area contributed by atoms with E-state index in [1.807, 2.05) is 0 Å². The molecule has 0 aliphatic carbocycles. The van der Waals surface area contributed by atoms with Crippen molar-refractivity contribution in [1.82, 2.24) is 0 Å². The van der Waals surface area contributed by atoms with Crippen molar-refractivity contribution in [3.05, 3.63) is 0 Å². The summed E-state index contributed by atoms with van der Waals surface area (Å²) in [6.45, 7) is -0.0294. The molecule has 16 heavy (non-hydrogen) atoms. The standard InChI is InChI=1S/C5H16N2O7P2/c6-3-4(7)1-2-5(8,15(9,10)11)16(12,13)14/h4,8H,1-3,6-7H2,(H2,9,10,11)(H2,12,13,14). The van der Waals surface area contributed by atoms with Crippen LogP contribution < -0.4 is 11.5 Å². The van der Waals surface area contributed by atoms with Crippen LogP contribution in [0, 0.1) is 0 Å². The summed E-state index contributed by atoms with van der Waals surface area (Å²) in [4.78, 5) is 35.0. The van der Waals surface area contributed by atoms with E-state index in [1.54, 1.807) is 0 Å². The zero-order valence-electron chi connectivity index (χ0n) is 8.30. The number of nitrogens with two attached hydrogens (primary N) is 2. The Bertz CT molecular complexity index is 301. The molecule has 11 heteroatoms. The van der Waals surface area contributed by atoms with Crippen LogP contribution in [0.3, 0.4) is 0 Å². The summed E-state index contributed by atoms with van der Waals surface area (Å²) in [6.07, 6.45) is -1.05. The predicted molar refractivity (Wildman–Crippen MR) is 55.3 cm³/mol. The molecule has 0 saturated carbocycles. The maximum absolute atomic E-state index is 10.9. The summed E-state index contributed by atoms with van der Waals surface area (Å²) in [7, 11) is -10.8. The van der Waals surface area contributed by atoms with Gasteiger partial charge in [-0.2, -0.15) is 0 Å². The van der Waals surface area contributed by atoms with Gasteiger partial charge in [-0.3, -0.25) is 9.13 Å². The lowest BCUT2D eigenvalue weighted by molar-refractivity contribution is 0.119. The summed E-state index contributed by atoms with van der Waals surface area (Å²) in [5.41, 5.74) is 10.4. The molecular formula is C5H16N2O7P2. The second-order valence-corrected chi connectivity index (χ2v) is 7.41. The van der Waals surface area contributed by atoms with Gasteiger partial charge >= 0.3 is 15.2 Å². The summed E-state index contributed by atoms with van der Waals surface area (Å²) in [6, 6.07) is -0.704. The fraction of sp³-hybridized carbons (Fsp3) is 1.00. The van der Waals surface area contributed by atoms with E-state index < -0.39 is 32.7 Å². The molecule has 98 valence electrons. The lowest BCUT2D eigenvalue weighted by Crippen LogP contribution is -2.35. The molecule has 0 rings (SSSR count). The Kier molecular flexibility index (Phi) is 5.28. The van der Waals surface area contributed by atoms with E-state index in [2.05, 4.69) is 0 Å². The highest BCUT2D eigenvalue weighted by molar-refractivity contribution is 7.72. The number of aliphatic hydroxyl groups is 1. The average Bonchev–Trinajstić information content (AvgIpc) is 2.09. The maximum Gasteiger partial charge on any atom is 0.369 e. The van der Waals surface area contributed by atoms with Gasteiger partial charge in [0.25, 0.3) is 5.08 Å². The highest BCUT2D eigenvalue weighted by Gasteiger charge is 2.58. The van der Waals surface area contributed by atoms with Crippen LogP contribution in [0.15, 0.2) is 0 Å². The van der Waals surface area contributed by atoms with Gasteiger partial charge in [0.05, 0.1) is 0 Å². The molecule has 0 spiro atoms. The van der Waals surface area contributed by atoms with Crippen LogP contribution in [0.4, 0.5) is 0 Å². The van der Waals surface area contributed by atoms with E-state index in [-0.39, 0.29) is 13.0 Å². The lowest BCUT2D eigenvalue weighted by Gasteiger charge is -2.29. The van der Waals surface area contributed by atoms with Crippen LogP contribution in [0.2, 0.25) is 0 Å². The first kappa shape index (κ1) is 16.2. The number of hydrogen-bond donors (Lipinski definition) is 7. The number of hydrogen-bond acceptors (Lipinski definition) is 5. The van der Waals surface area contributed by atoms with Crippen molar-refractivity contribution in [2.24, 2.45) is 11.5 Å². The molecule has 0 radical (unpaired) electrons. The van der Waals surface area contributed by atoms with Crippen LogP contribution in [0.1, 0.15) is 12.8 Å². The molecule has 0 saturated heterocycles. The first-order valence-corrected chi connectivity index (χ1v) is 7.47. The Morgan fingerprint density at radius 1 is 1.12 bits per heavy atom. The van der Waals surface area contributed by atoms with E-state index in [0.29, 0.717) is 0 Å². The van der Waals surface area contributed by atoms with Crippen LogP contribution in [-0.2, 0) is 9.13 Å². The zero-order chi connectivity index (χ0) is 13.2. The van der Waals surface area contributed by atoms with Crippen molar-refractivity contribution < 1.29 is 33.8 Å². The van der Waals surface area contributed by atoms with Crippen molar-refractivity contribution in [3.8, 4) is 0 Å². The summed E-state index contributed by atoms with van der Waals surface area (Å²) in [5, 5.41) is 6.01. The Morgan fingerprint density at radius 2 is 1.50 bits per heavy atom. The fourth-order valence-electron chi connectivity index (χ4n) is 0.958. The van der Waals surface area contributed by atoms with E-state index in [9.17, 15) is 14.2 Å². The molecule has 1 unspecified atom stereocenters. The van der Waals surface area contributed by atoms with Gasteiger partial charge in [-0.1, -0.05) is 0 Å². The first-order valence-electron chi connectivity index (χ1n) is 4.25. The molecule has 1 atom stereocenters. The van der Waals surface area contributed by atoms with Crippen molar-refractivity contribution in [1.29, 1.82) is 0 Å². The van der Waals surface area contributed by atoms with Gasteiger partial charge in [-0.15, -0.1) is 0 Å². The van der Waals surface area contributed by atoms with Crippen molar-refractivity contribution >= 4 is 15.2 Å². The third-order valence-corrected chi connectivity index (χ3v) is 5.96. The van der Waals surface area contributed by atoms with Gasteiger partial charge in [-0.05, 0) is 6.42 Å². The van der Waals surface area contributed by atoms with Gasteiger partial charge in [-0.25, -0.2) is 0 Å². The van der Waals surface area contributed by atoms with Crippen molar-refractivity contribution in [3.63, 3.8) is 0 Å². The SMILES string of the molecule is NCC(N)CCC(O)(P(=O)(O)O)P(=O)(O)O. The third kappa shape index (κ3) is 3.59. The highest BCUT2D eigenvalue weighted by atomic mass is 31.2. The van der Waals surface area contributed by atoms with Gasteiger partial charge in [0, 0.05) is 19.0 Å². The summed E-state index contributed by atoms with van der Waals surface area (Å²) in [5.74, 6) is 0. The van der Waals surface area contributed by atoms with E-state index in [4.69, 9.17) is 31.0 Å². The monoisotopic (exact) mass is 278 g/mol. The quantitative estimate of drug-likeness (QED) is 0.271. The van der Waals surface area contributed by atoms with Crippen LogP contribution in [-0.4, -0.2) is 42.3 Å². The molecule has 0 bridgehead atoms. The van der Waals surface area contributed by atoms with Crippen LogP contribution >= 0.6 is 15.2 Å². The minimum absolute atomic E-state index is 0.0294. The second-order valence-electron chi connectivity index (χ2n) is 3.40. The maximum atomic E-state index is 10.9. The minimum Gasteiger partial charge on any atom is -0.368 e. The van der Waals surface area contributed by atoms with Gasteiger partial charge in [0.2, 0.25) is 0 Å². The summed E-state index contributed by atoms with van der Waals surface area (Å²) < 4.78 is 21.8. The topological polar surface area (TPSA) is 187 Å². The van der Waals surface area contributed by atoms with Gasteiger partial charge in [0.15, 0.2) is 0 Å². The van der Waals surface area contributed by atoms with Crippen LogP contribution in [0.25, 0.3) is 0 Å². The third-order valence-electron chi connectivity index (χ3n) is 2.09. The summed E-state index contributed by atoms with van der Waals surface area (Å²) >= 11 is 0. The van der Waals surface area contributed by atoms with Crippen LogP contribution in [0.5, 0.6) is 0 Å². The Labute approximate surface area is 91.8 Å². The Hall–Kier alpha value is 0.180. The Morgan fingerprint density at radius 3 is 1.75 bits per heavy atom. The van der Waals surface area contributed by atoms with E-state index >= 15 is 0 Å². The van der Waals surface area contributed by atoms with E-state index in [0.717, 1.165) is 0 Å². The molecular weight excluding hydrogens is 262 g/mol. The van der Waals surface area contributed by atoms with E-state index in [1.165, 1.54) is 0 Å². The van der Waals surface area contributed by atoms with Gasteiger partial charge < -0.3 is 36.1 Å². The molecule has 0 fully saturated rings. The Balaban J connectivity index is 5.00. The molecule has 0 aromatic carbocycles. The molecule has 0 heterocycles. The predicted octanol–water partition coefficient (Wildman–Crippen LogP) is -1.95. The smallest absolute Gasteiger partial charge is 0.368 e. The molecule has 0 amide bonds. The fourth-order valence-corrected chi connectivity index (χ4v) is 3.16. The van der Waals surface area contributed by atoms with Crippen molar-refractivity contribution in [2.75, 3.05) is 6.54 Å². The number of rotatable bonds is 6. The second kappa shape index (κ2) is 5.22. The lowest BCUT2D eigenvalue weighted by atomic mass is 10.2. The normalized spacial score (nSPS) is 16.2. The average molecular weight is 278 g/mol. The molecule has 0 aliphatic heterocycles. The minimum atomic E-state index is -5.38. The van der Waals surface area contributed by atoms with Crippen molar-refractivity contribution in [2.45, 2.75) is 24.0 Å². The zero-order valence-corrected chi connectivity index (χ0v) is 10.1. The largest absolute Gasteiger partial charge is 0.369 e.